The van der Waals surface area contributed by atoms with E-state index in [0.29, 0.717) is 17.3 Å². The van der Waals surface area contributed by atoms with E-state index in [2.05, 4.69) is 58.6 Å². The molecule has 2 aliphatic rings. The van der Waals surface area contributed by atoms with Crippen molar-refractivity contribution < 1.29 is 18.3 Å². The first-order valence-electron chi connectivity index (χ1n) is 15.9. The van der Waals surface area contributed by atoms with Crippen molar-refractivity contribution in [3.63, 3.8) is 0 Å². The molecule has 1 aliphatic carbocycles. The maximum atomic E-state index is 13.6. The lowest BCUT2D eigenvalue weighted by Crippen LogP contribution is -2.44. The molecule has 0 spiro atoms. The van der Waals surface area contributed by atoms with Gasteiger partial charge >= 0.3 is 0 Å². The summed E-state index contributed by atoms with van der Waals surface area (Å²) in [6.45, 7) is 4.08. The number of methoxy groups -OCH3 is 1. The highest BCUT2D eigenvalue weighted by Crippen LogP contribution is 2.25. The van der Waals surface area contributed by atoms with Crippen LogP contribution in [0.15, 0.2) is 71.3 Å². The van der Waals surface area contributed by atoms with Gasteiger partial charge in [0.15, 0.2) is 23.2 Å². The van der Waals surface area contributed by atoms with Crippen molar-refractivity contribution in [1.82, 2.24) is 49.4 Å². The number of piperazine rings is 1. The zero-order valence-electron chi connectivity index (χ0n) is 27.5. The maximum absolute atomic E-state index is 13.6. The molecule has 15 nitrogen and oxygen atoms in total. The number of rotatable bonds is 11. The number of anilines is 2. The second-order valence-electron chi connectivity index (χ2n) is 11.7. The van der Waals surface area contributed by atoms with E-state index in [0.717, 1.165) is 67.6 Å². The van der Waals surface area contributed by atoms with Crippen molar-refractivity contribution in [2.24, 2.45) is 0 Å². The number of hydrogen-bond donors (Lipinski definition) is 3. The van der Waals surface area contributed by atoms with Gasteiger partial charge in [0.05, 0.1) is 26.2 Å². The molecule has 1 aliphatic heterocycles. The lowest BCUT2D eigenvalue weighted by atomic mass is 10.1. The quantitative estimate of drug-likeness (QED) is 0.210. The van der Waals surface area contributed by atoms with E-state index >= 15 is 0 Å². The highest BCUT2D eigenvalue weighted by atomic mass is 19.2. The summed E-state index contributed by atoms with van der Waals surface area (Å²) in [5.41, 5.74) is 8.01. The molecule has 4 N–H and O–H groups in total. The van der Waals surface area contributed by atoms with Crippen molar-refractivity contribution in [2.45, 2.75) is 19.4 Å². The molecule has 0 unspecified atom stereocenters. The lowest BCUT2D eigenvalue weighted by Gasteiger charge is -2.36. The van der Waals surface area contributed by atoms with E-state index in [1.54, 1.807) is 12.2 Å². The molecule has 1 saturated heterocycles. The third kappa shape index (κ3) is 7.84. The summed E-state index contributed by atoms with van der Waals surface area (Å²) >= 11 is 0. The van der Waals surface area contributed by atoms with E-state index in [4.69, 9.17) is 10.5 Å². The zero-order chi connectivity index (χ0) is 35.2. The predicted molar refractivity (Wildman–Crippen MR) is 181 cm³/mol. The summed E-state index contributed by atoms with van der Waals surface area (Å²) < 4.78 is 34.8. The van der Waals surface area contributed by atoms with Crippen molar-refractivity contribution in [3.05, 3.63) is 105 Å². The van der Waals surface area contributed by atoms with Gasteiger partial charge in [-0.15, -0.1) is 5.10 Å². The minimum atomic E-state index is -1.04. The number of nitrogens with two attached hydrogens (primary N) is 1. The molecule has 0 bridgehead atoms. The Balaban J connectivity index is 1.09. The number of carbonyl (C=O) groups is 1. The molecule has 0 radical (unpaired) electrons. The summed E-state index contributed by atoms with van der Waals surface area (Å²) in [7, 11) is 3.61. The third-order valence-electron chi connectivity index (χ3n) is 8.25. The van der Waals surface area contributed by atoms with Crippen LogP contribution in [0.2, 0.25) is 0 Å². The van der Waals surface area contributed by atoms with Crippen LogP contribution in [0.4, 0.5) is 20.7 Å². The van der Waals surface area contributed by atoms with E-state index in [1.807, 2.05) is 6.08 Å². The number of carbonyl (C=O) groups excluding carboxylic acids is 1. The maximum Gasteiger partial charge on any atom is 0.266 e. The number of benzene rings is 1. The molecule has 6 rings (SSSR count). The normalized spacial score (nSPS) is 15.2. The van der Waals surface area contributed by atoms with Crippen LogP contribution < -0.4 is 26.7 Å². The standard InChI is InChI=1S/C33H36F2N12O3/c1-44-12-14-45(15-13-44)23-8-6-22(7-9-23)40-33-42-32(36)47(43-33)29-27(50-2)18-39-28(41-29)4-3-11-38-30(48)24-17-37-20-46(31(24)49)19-21-5-10-25(34)26(35)16-21/h3-6,8,10,16-18,20H,7,9,11-15,19H2,1-2H3,(H,38,48)(H3,36,40,42,43)/b4-3+. The van der Waals surface area contributed by atoms with Crippen LogP contribution in [0, 0.1) is 11.6 Å². The molecule has 0 atom stereocenters. The second kappa shape index (κ2) is 15.1. The molecule has 260 valence electrons. The van der Waals surface area contributed by atoms with E-state index in [1.165, 1.54) is 36.1 Å². The Morgan fingerprint density at radius 1 is 1.08 bits per heavy atom. The molecular formula is C33H36F2N12O3. The van der Waals surface area contributed by atoms with Crippen LogP contribution in [-0.2, 0) is 6.54 Å². The number of likely N-dealkylation sites (N-methyl/N-ethyl adjacent to an activating group) is 1. The fraction of sp³-hybridized carbons (Fsp3) is 0.303. The van der Waals surface area contributed by atoms with E-state index < -0.39 is 23.1 Å². The van der Waals surface area contributed by atoms with E-state index in [9.17, 15) is 18.4 Å². The SMILES string of the molecule is COc1cnc(/C=C/CNC(=O)c2cncn(Cc3ccc(F)c(F)c3)c2=O)nc1-n1nc(NC2=CC=C(N3CCN(C)CC3)CC2)nc1N. The Labute approximate surface area is 285 Å². The predicted octanol–water partition coefficient (Wildman–Crippen LogP) is 2.20. The number of nitrogens with zero attached hydrogens (tertiary/aromatic N) is 9. The number of hydrogen-bond acceptors (Lipinski definition) is 12. The van der Waals surface area contributed by atoms with Gasteiger partial charge in [0.2, 0.25) is 17.7 Å². The van der Waals surface area contributed by atoms with Gasteiger partial charge in [-0.25, -0.2) is 23.7 Å². The molecule has 1 fully saturated rings. The number of amides is 1. The first-order chi connectivity index (χ1) is 24.2. The number of allylic oxidation sites excluding steroid dienone is 4. The van der Waals surface area contributed by atoms with Crippen LogP contribution in [0.25, 0.3) is 11.9 Å². The van der Waals surface area contributed by atoms with Crippen LogP contribution in [0.1, 0.15) is 34.6 Å². The van der Waals surface area contributed by atoms with Gasteiger partial charge in [0.1, 0.15) is 5.56 Å². The molecule has 3 aromatic heterocycles. The number of ether oxygens (including phenoxy) is 1. The first kappa shape index (κ1) is 33.9. The van der Waals surface area contributed by atoms with Crippen molar-refractivity contribution in [3.8, 4) is 11.6 Å². The monoisotopic (exact) mass is 686 g/mol. The Kier molecular flexibility index (Phi) is 10.2. The minimum Gasteiger partial charge on any atom is -0.491 e. The zero-order valence-corrected chi connectivity index (χ0v) is 27.5. The number of nitrogens with one attached hydrogen (secondary N) is 2. The summed E-state index contributed by atoms with van der Waals surface area (Å²) in [6, 6.07) is 3.30. The van der Waals surface area contributed by atoms with Crippen LogP contribution in [-0.4, -0.2) is 96.9 Å². The van der Waals surface area contributed by atoms with Crippen molar-refractivity contribution in [2.75, 3.05) is 57.9 Å². The molecule has 4 heterocycles. The number of halogens is 2. The van der Waals surface area contributed by atoms with Gasteiger partial charge in [0.25, 0.3) is 11.5 Å². The Morgan fingerprint density at radius 2 is 1.90 bits per heavy atom. The third-order valence-corrected chi connectivity index (χ3v) is 8.25. The molecule has 4 aromatic rings. The molecule has 1 amide bonds. The Morgan fingerprint density at radius 3 is 2.64 bits per heavy atom. The topological polar surface area (TPSA) is 174 Å². The number of aromatic nitrogens is 7. The smallest absolute Gasteiger partial charge is 0.266 e. The van der Waals surface area contributed by atoms with Gasteiger partial charge < -0.3 is 30.9 Å². The highest BCUT2D eigenvalue weighted by molar-refractivity contribution is 5.93. The van der Waals surface area contributed by atoms with Gasteiger partial charge in [-0.1, -0.05) is 12.1 Å². The summed E-state index contributed by atoms with van der Waals surface area (Å²) in [6.07, 6.45) is 12.9. The van der Waals surface area contributed by atoms with E-state index in [-0.39, 0.29) is 36.2 Å². The second-order valence-corrected chi connectivity index (χ2v) is 11.7. The van der Waals surface area contributed by atoms with Gasteiger partial charge in [-0.3, -0.25) is 14.2 Å². The van der Waals surface area contributed by atoms with Crippen molar-refractivity contribution >= 4 is 23.9 Å². The van der Waals surface area contributed by atoms with Gasteiger partial charge in [-0.05, 0) is 55.8 Å². The van der Waals surface area contributed by atoms with Gasteiger partial charge in [-0.2, -0.15) is 9.67 Å². The van der Waals surface area contributed by atoms with Crippen LogP contribution in [0.3, 0.4) is 0 Å². The Bertz CT molecular complexity index is 2030. The fourth-order valence-electron chi connectivity index (χ4n) is 5.48. The summed E-state index contributed by atoms with van der Waals surface area (Å²) in [4.78, 5) is 47.5. The average Bonchev–Trinajstić information content (AvgIpc) is 3.48. The van der Waals surface area contributed by atoms with Crippen LogP contribution in [0.5, 0.6) is 5.75 Å². The van der Waals surface area contributed by atoms with Crippen molar-refractivity contribution in [1.29, 1.82) is 0 Å². The first-order valence-corrected chi connectivity index (χ1v) is 15.9. The molecular weight excluding hydrogens is 650 g/mol. The highest BCUT2D eigenvalue weighted by Gasteiger charge is 2.20. The molecule has 50 heavy (non-hydrogen) atoms. The van der Waals surface area contributed by atoms with Gasteiger partial charge in [0, 0.05) is 50.3 Å². The Hall–Kier alpha value is -5.97. The van der Waals surface area contributed by atoms with Crippen LogP contribution >= 0.6 is 0 Å². The fourth-order valence-corrected chi connectivity index (χ4v) is 5.48. The molecule has 0 saturated carbocycles. The molecule has 17 heteroatoms. The summed E-state index contributed by atoms with van der Waals surface area (Å²) in [5, 5.41) is 10.4. The number of nitrogen functional groups attached to an aromatic ring is 1. The lowest BCUT2D eigenvalue weighted by molar-refractivity contribution is 0.0955. The largest absolute Gasteiger partial charge is 0.491 e. The molecule has 1 aromatic carbocycles. The minimum absolute atomic E-state index is 0.0284. The average molecular weight is 687 g/mol. The summed E-state index contributed by atoms with van der Waals surface area (Å²) in [5.74, 6) is -1.47.